The lowest BCUT2D eigenvalue weighted by Crippen LogP contribution is -1.95. The number of rotatable bonds is 2. The SMILES string of the molecule is Clc1cccc2c(-c3c[c]ccc3)c(-c3ccccc3)nnc12. The Hall–Kier alpha value is -2.71. The predicted octanol–water partition coefficient (Wildman–Crippen LogP) is 5.42. The van der Waals surface area contributed by atoms with Crippen LogP contribution >= 0.6 is 11.6 Å². The molecule has 0 saturated carbocycles. The lowest BCUT2D eigenvalue weighted by molar-refractivity contribution is 1.08. The molecule has 0 amide bonds. The molecule has 1 radical (unpaired) electrons. The van der Waals surface area contributed by atoms with Crippen molar-refractivity contribution in [2.24, 2.45) is 0 Å². The van der Waals surface area contributed by atoms with Crippen molar-refractivity contribution in [1.29, 1.82) is 0 Å². The maximum Gasteiger partial charge on any atom is 0.112 e. The zero-order valence-corrected chi connectivity index (χ0v) is 13.0. The van der Waals surface area contributed by atoms with Gasteiger partial charge in [0.25, 0.3) is 0 Å². The van der Waals surface area contributed by atoms with Crippen LogP contribution in [0.4, 0.5) is 0 Å². The molecular formula is C20H12ClN2. The first-order valence-electron chi connectivity index (χ1n) is 7.31. The highest BCUT2D eigenvalue weighted by molar-refractivity contribution is 6.35. The minimum absolute atomic E-state index is 0.607. The van der Waals surface area contributed by atoms with Crippen LogP contribution in [0.15, 0.2) is 72.8 Å². The van der Waals surface area contributed by atoms with E-state index < -0.39 is 0 Å². The summed E-state index contributed by atoms with van der Waals surface area (Å²) in [7, 11) is 0. The summed E-state index contributed by atoms with van der Waals surface area (Å²) in [6.45, 7) is 0. The van der Waals surface area contributed by atoms with E-state index in [0.29, 0.717) is 10.5 Å². The fraction of sp³-hybridized carbons (Fsp3) is 0. The topological polar surface area (TPSA) is 25.8 Å². The zero-order chi connectivity index (χ0) is 15.6. The molecular weight excluding hydrogens is 304 g/mol. The van der Waals surface area contributed by atoms with Gasteiger partial charge in [0.05, 0.1) is 5.02 Å². The highest BCUT2D eigenvalue weighted by atomic mass is 35.5. The fourth-order valence-electron chi connectivity index (χ4n) is 2.74. The summed E-state index contributed by atoms with van der Waals surface area (Å²) in [5.41, 5.74) is 4.67. The summed E-state index contributed by atoms with van der Waals surface area (Å²) in [6, 6.07) is 26.9. The largest absolute Gasteiger partial charge is 0.149 e. The van der Waals surface area contributed by atoms with Crippen LogP contribution in [0.5, 0.6) is 0 Å². The van der Waals surface area contributed by atoms with Crippen LogP contribution < -0.4 is 0 Å². The molecule has 0 aliphatic carbocycles. The second kappa shape index (κ2) is 5.82. The Kier molecular flexibility index (Phi) is 3.52. The van der Waals surface area contributed by atoms with Gasteiger partial charge in [-0.1, -0.05) is 72.3 Å². The fourth-order valence-corrected chi connectivity index (χ4v) is 2.95. The van der Waals surface area contributed by atoms with Crippen molar-refractivity contribution in [3.63, 3.8) is 0 Å². The van der Waals surface area contributed by atoms with Crippen LogP contribution in [0.25, 0.3) is 33.3 Å². The number of hydrogen-bond donors (Lipinski definition) is 0. The first kappa shape index (κ1) is 13.9. The summed E-state index contributed by atoms with van der Waals surface area (Å²) in [5, 5.41) is 10.4. The number of halogens is 1. The summed E-state index contributed by atoms with van der Waals surface area (Å²) >= 11 is 6.30. The molecule has 0 unspecified atom stereocenters. The molecule has 0 saturated heterocycles. The lowest BCUT2D eigenvalue weighted by Gasteiger charge is -2.12. The van der Waals surface area contributed by atoms with Gasteiger partial charge in [-0.3, -0.25) is 0 Å². The van der Waals surface area contributed by atoms with Gasteiger partial charge in [-0.25, -0.2) is 0 Å². The standard InChI is InChI=1S/C20H12ClN2/c21-17-13-7-12-16-18(14-8-3-1-4-9-14)19(22-23-20(16)17)15-10-5-2-6-11-15/h1-3,5-13H. The quantitative estimate of drug-likeness (QED) is 0.494. The molecule has 3 heteroatoms. The molecule has 1 heterocycles. The molecule has 109 valence electrons. The van der Waals surface area contributed by atoms with Crippen LogP contribution in [0.1, 0.15) is 0 Å². The van der Waals surface area contributed by atoms with Crippen LogP contribution in [-0.4, -0.2) is 10.2 Å². The minimum atomic E-state index is 0.607. The first-order valence-corrected chi connectivity index (χ1v) is 7.69. The van der Waals surface area contributed by atoms with Crippen molar-refractivity contribution in [3.05, 3.63) is 83.9 Å². The average molecular weight is 316 g/mol. The van der Waals surface area contributed by atoms with Crippen molar-refractivity contribution < 1.29 is 0 Å². The van der Waals surface area contributed by atoms with E-state index in [4.69, 9.17) is 11.6 Å². The van der Waals surface area contributed by atoms with Gasteiger partial charge in [-0.2, -0.15) is 0 Å². The van der Waals surface area contributed by atoms with Crippen molar-refractivity contribution in [3.8, 4) is 22.4 Å². The van der Waals surface area contributed by atoms with E-state index in [9.17, 15) is 0 Å². The molecule has 4 aromatic rings. The summed E-state index contributed by atoms with van der Waals surface area (Å²) < 4.78 is 0. The molecule has 3 aromatic carbocycles. The Balaban J connectivity index is 2.12. The minimum Gasteiger partial charge on any atom is -0.149 e. The van der Waals surface area contributed by atoms with Gasteiger partial charge in [0.2, 0.25) is 0 Å². The monoisotopic (exact) mass is 315 g/mol. The number of hydrogen-bond acceptors (Lipinski definition) is 2. The third kappa shape index (κ3) is 2.47. The Morgan fingerprint density at radius 2 is 1.61 bits per heavy atom. The van der Waals surface area contributed by atoms with E-state index in [1.807, 2.05) is 66.7 Å². The molecule has 0 bridgehead atoms. The van der Waals surface area contributed by atoms with Crippen LogP contribution in [-0.2, 0) is 0 Å². The molecule has 1 aromatic heterocycles. The molecule has 23 heavy (non-hydrogen) atoms. The molecule has 0 aliphatic heterocycles. The van der Waals surface area contributed by atoms with Gasteiger partial charge >= 0.3 is 0 Å². The number of nitrogens with zero attached hydrogens (tertiary/aromatic N) is 2. The normalized spacial score (nSPS) is 10.8. The molecule has 0 aliphatic rings. The van der Waals surface area contributed by atoms with Gasteiger partial charge in [-0.05, 0) is 23.8 Å². The van der Waals surface area contributed by atoms with E-state index in [-0.39, 0.29) is 0 Å². The van der Waals surface area contributed by atoms with E-state index in [1.165, 1.54) is 0 Å². The maximum absolute atomic E-state index is 6.30. The summed E-state index contributed by atoms with van der Waals surface area (Å²) in [6.07, 6.45) is 0. The van der Waals surface area contributed by atoms with E-state index >= 15 is 0 Å². The molecule has 0 spiro atoms. The van der Waals surface area contributed by atoms with Gasteiger partial charge in [0.1, 0.15) is 11.2 Å². The van der Waals surface area contributed by atoms with Crippen LogP contribution in [0.2, 0.25) is 5.02 Å². The molecule has 0 N–H and O–H groups in total. The maximum atomic E-state index is 6.30. The number of aromatic nitrogens is 2. The van der Waals surface area contributed by atoms with Crippen LogP contribution in [0, 0.1) is 6.07 Å². The number of benzene rings is 3. The van der Waals surface area contributed by atoms with Crippen molar-refractivity contribution >= 4 is 22.5 Å². The Bertz CT molecular complexity index is 967. The van der Waals surface area contributed by atoms with E-state index in [2.05, 4.69) is 22.3 Å². The van der Waals surface area contributed by atoms with Gasteiger partial charge < -0.3 is 0 Å². The zero-order valence-electron chi connectivity index (χ0n) is 12.2. The predicted molar refractivity (Wildman–Crippen MR) is 94.3 cm³/mol. The average Bonchev–Trinajstić information content (AvgIpc) is 2.62. The highest BCUT2D eigenvalue weighted by Gasteiger charge is 2.15. The smallest absolute Gasteiger partial charge is 0.112 e. The molecule has 2 nitrogen and oxygen atoms in total. The first-order chi connectivity index (χ1) is 11.3. The molecule has 0 fully saturated rings. The van der Waals surface area contributed by atoms with Gasteiger partial charge in [0, 0.05) is 16.5 Å². The third-order valence-corrected chi connectivity index (χ3v) is 4.09. The Labute approximate surface area is 139 Å². The third-order valence-electron chi connectivity index (χ3n) is 3.79. The van der Waals surface area contributed by atoms with Crippen molar-refractivity contribution in [2.75, 3.05) is 0 Å². The Morgan fingerprint density at radius 1 is 0.783 bits per heavy atom. The Morgan fingerprint density at radius 3 is 2.39 bits per heavy atom. The second-order valence-corrected chi connectivity index (χ2v) is 5.62. The summed E-state index contributed by atoms with van der Waals surface area (Å²) in [5.74, 6) is 0. The van der Waals surface area contributed by atoms with Gasteiger partial charge in [-0.15, -0.1) is 10.2 Å². The van der Waals surface area contributed by atoms with Gasteiger partial charge in [0.15, 0.2) is 0 Å². The van der Waals surface area contributed by atoms with Crippen molar-refractivity contribution in [1.82, 2.24) is 10.2 Å². The number of fused-ring (bicyclic) bond motifs is 1. The molecule has 4 rings (SSSR count). The van der Waals surface area contributed by atoms with E-state index in [1.54, 1.807) is 0 Å². The van der Waals surface area contributed by atoms with Crippen LogP contribution in [0.3, 0.4) is 0 Å². The highest BCUT2D eigenvalue weighted by Crippen LogP contribution is 2.37. The lowest BCUT2D eigenvalue weighted by atomic mass is 9.96. The van der Waals surface area contributed by atoms with E-state index in [0.717, 1.165) is 27.8 Å². The summed E-state index contributed by atoms with van der Waals surface area (Å²) in [4.78, 5) is 0. The molecule has 0 atom stereocenters. The van der Waals surface area contributed by atoms with Crippen molar-refractivity contribution in [2.45, 2.75) is 0 Å². The second-order valence-electron chi connectivity index (χ2n) is 5.22.